The van der Waals surface area contributed by atoms with E-state index in [9.17, 15) is 9.18 Å². The van der Waals surface area contributed by atoms with Gasteiger partial charge in [-0.15, -0.1) is 0 Å². The highest BCUT2D eigenvalue weighted by atomic mass is 19.1. The number of ether oxygens (including phenoxy) is 2. The highest BCUT2D eigenvalue weighted by Gasteiger charge is 2.23. The Hall–Kier alpha value is -2.63. The van der Waals surface area contributed by atoms with Gasteiger partial charge >= 0.3 is 0 Å². The van der Waals surface area contributed by atoms with Crippen molar-refractivity contribution < 1.29 is 18.7 Å². The van der Waals surface area contributed by atoms with Crippen molar-refractivity contribution in [3.05, 3.63) is 53.5 Å². The topological polar surface area (TPSA) is 60.5 Å². The first-order valence-electron chi connectivity index (χ1n) is 7.37. The summed E-state index contributed by atoms with van der Waals surface area (Å²) in [6.07, 6.45) is 0.743. The van der Waals surface area contributed by atoms with Crippen LogP contribution in [0.15, 0.2) is 36.4 Å². The van der Waals surface area contributed by atoms with Gasteiger partial charge in [-0.1, -0.05) is 6.07 Å². The van der Waals surface area contributed by atoms with E-state index in [4.69, 9.17) is 9.47 Å². The molecule has 120 valence electrons. The fraction of sp³-hybridized carbons (Fsp3) is 0.294. The number of methoxy groups -OCH3 is 1. The Morgan fingerprint density at radius 2 is 2.30 bits per heavy atom. The lowest BCUT2D eigenvalue weighted by Gasteiger charge is -2.26. The van der Waals surface area contributed by atoms with Gasteiger partial charge in [0, 0.05) is 18.1 Å². The number of nitrogens with zero attached hydrogens (tertiary/aromatic N) is 1. The highest BCUT2D eigenvalue weighted by Crippen LogP contribution is 2.32. The predicted molar refractivity (Wildman–Crippen MR) is 81.9 cm³/mol. The van der Waals surface area contributed by atoms with Gasteiger partial charge in [0.1, 0.15) is 11.6 Å². The first kappa shape index (κ1) is 15.3. The zero-order chi connectivity index (χ0) is 16.2. The fourth-order valence-electron chi connectivity index (χ4n) is 2.59. The maximum atomic E-state index is 13.4. The largest absolute Gasteiger partial charge is 0.493 e. The number of carbonyl (C=O) groups is 1. The van der Waals surface area contributed by atoms with Gasteiger partial charge in [0.05, 0.1) is 31.9 Å². The number of benzene rings is 1. The maximum Gasteiger partial charge on any atom is 0.226 e. The molecule has 2 heterocycles. The molecule has 1 aromatic carbocycles. The van der Waals surface area contributed by atoms with Gasteiger partial charge in [-0.2, -0.15) is 0 Å². The number of fused-ring (bicyclic) bond motifs is 1. The summed E-state index contributed by atoms with van der Waals surface area (Å²) in [7, 11) is 1.53. The minimum Gasteiger partial charge on any atom is -0.493 e. The second-order valence-electron chi connectivity index (χ2n) is 5.29. The summed E-state index contributed by atoms with van der Waals surface area (Å²) in [6, 6.07) is 9.36. The van der Waals surface area contributed by atoms with E-state index in [1.165, 1.54) is 19.2 Å². The lowest BCUT2D eigenvalue weighted by Crippen LogP contribution is -2.33. The molecule has 0 spiro atoms. The second-order valence-corrected chi connectivity index (χ2v) is 5.29. The summed E-state index contributed by atoms with van der Waals surface area (Å²) in [5.41, 5.74) is 1.29. The van der Waals surface area contributed by atoms with Crippen LogP contribution in [0, 0.1) is 5.82 Å². The van der Waals surface area contributed by atoms with Crippen molar-refractivity contribution in [1.29, 1.82) is 0 Å². The molecule has 1 amide bonds. The SMILES string of the molecule is COc1cccc(CC(=O)N[C@H]2CCOc3ccc(F)cc32)n1. The fourth-order valence-corrected chi connectivity index (χ4v) is 2.59. The molecule has 1 aliphatic rings. The summed E-state index contributed by atoms with van der Waals surface area (Å²) in [5, 5.41) is 2.92. The Balaban J connectivity index is 1.70. The third-order valence-corrected chi connectivity index (χ3v) is 3.68. The number of carbonyl (C=O) groups excluding carboxylic acids is 1. The Kier molecular flexibility index (Phi) is 4.41. The summed E-state index contributed by atoms with van der Waals surface area (Å²) < 4.78 is 24.0. The van der Waals surface area contributed by atoms with Crippen molar-refractivity contribution in [3.63, 3.8) is 0 Å². The first-order valence-corrected chi connectivity index (χ1v) is 7.37. The summed E-state index contributed by atoms with van der Waals surface area (Å²) in [6.45, 7) is 0.487. The van der Waals surface area contributed by atoms with E-state index >= 15 is 0 Å². The van der Waals surface area contributed by atoms with Crippen LogP contribution in [0.25, 0.3) is 0 Å². The molecule has 2 aromatic rings. The van der Waals surface area contributed by atoms with E-state index in [2.05, 4.69) is 10.3 Å². The monoisotopic (exact) mass is 316 g/mol. The number of rotatable bonds is 4. The predicted octanol–water partition coefficient (Wildman–Crippen LogP) is 2.41. The van der Waals surface area contributed by atoms with Gasteiger partial charge in [-0.3, -0.25) is 4.79 Å². The Labute approximate surface area is 133 Å². The molecule has 0 unspecified atom stereocenters. The number of hydrogen-bond acceptors (Lipinski definition) is 4. The van der Waals surface area contributed by atoms with Crippen molar-refractivity contribution in [2.75, 3.05) is 13.7 Å². The molecular weight excluding hydrogens is 299 g/mol. The zero-order valence-corrected chi connectivity index (χ0v) is 12.7. The third-order valence-electron chi connectivity index (χ3n) is 3.68. The number of nitrogens with one attached hydrogen (secondary N) is 1. The normalized spacial score (nSPS) is 16.2. The molecule has 6 heteroatoms. The molecule has 23 heavy (non-hydrogen) atoms. The summed E-state index contributed by atoms with van der Waals surface area (Å²) >= 11 is 0. The number of halogens is 1. The second kappa shape index (κ2) is 6.64. The van der Waals surface area contributed by atoms with Crippen molar-refractivity contribution in [2.45, 2.75) is 18.9 Å². The lowest BCUT2D eigenvalue weighted by molar-refractivity contribution is -0.121. The molecule has 0 fully saturated rings. The van der Waals surface area contributed by atoms with Crippen LogP contribution in [0.5, 0.6) is 11.6 Å². The molecule has 0 radical (unpaired) electrons. The van der Waals surface area contributed by atoms with Crippen LogP contribution >= 0.6 is 0 Å². The summed E-state index contributed by atoms with van der Waals surface area (Å²) in [4.78, 5) is 16.5. The highest BCUT2D eigenvalue weighted by molar-refractivity contribution is 5.78. The van der Waals surface area contributed by atoms with E-state index in [1.807, 2.05) is 0 Å². The molecule has 0 aliphatic carbocycles. The van der Waals surface area contributed by atoms with Crippen LogP contribution in [0.1, 0.15) is 23.7 Å². The van der Waals surface area contributed by atoms with E-state index < -0.39 is 0 Å². The molecular formula is C17H17FN2O3. The Morgan fingerprint density at radius 3 is 3.13 bits per heavy atom. The van der Waals surface area contributed by atoms with Gasteiger partial charge in [0.25, 0.3) is 0 Å². The molecule has 5 nitrogen and oxygen atoms in total. The zero-order valence-electron chi connectivity index (χ0n) is 12.7. The van der Waals surface area contributed by atoms with E-state index in [-0.39, 0.29) is 24.2 Å². The van der Waals surface area contributed by atoms with Gasteiger partial charge in [-0.05, 0) is 24.3 Å². The van der Waals surface area contributed by atoms with E-state index in [1.54, 1.807) is 24.3 Å². The van der Waals surface area contributed by atoms with Gasteiger partial charge in [0.15, 0.2) is 0 Å². The maximum absolute atomic E-state index is 13.4. The van der Waals surface area contributed by atoms with Crippen LogP contribution in [0.3, 0.4) is 0 Å². The molecule has 0 bridgehead atoms. The molecule has 3 rings (SSSR count). The third kappa shape index (κ3) is 3.59. The molecule has 0 saturated heterocycles. The lowest BCUT2D eigenvalue weighted by atomic mass is 10.00. The van der Waals surface area contributed by atoms with Crippen LogP contribution in [-0.2, 0) is 11.2 Å². The van der Waals surface area contributed by atoms with Gasteiger partial charge < -0.3 is 14.8 Å². The molecule has 0 saturated carbocycles. The number of pyridine rings is 1. The minimum atomic E-state index is -0.344. The number of hydrogen-bond donors (Lipinski definition) is 1. The Bertz CT molecular complexity index is 721. The van der Waals surface area contributed by atoms with E-state index in [0.717, 1.165) is 0 Å². The number of amides is 1. The van der Waals surface area contributed by atoms with Gasteiger partial charge in [0.2, 0.25) is 11.8 Å². The minimum absolute atomic E-state index is 0.138. The van der Waals surface area contributed by atoms with Crippen LogP contribution in [0.4, 0.5) is 4.39 Å². The van der Waals surface area contributed by atoms with Crippen molar-refractivity contribution in [2.24, 2.45) is 0 Å². The van der Waals surface area contributed by atoms with Crippen LogP contribution in [0.2, 0.25) is 0 Å². The van der Waals surface area contributed by atoms with Crippen molar-refractivity contribution in [1.82, 2.24) is 10.3 Å². The summed E-state index contributed by atoms with van der Waals surface area (Å²) in [5.74, 6) is 0.562. The van der Waals surface area contributed by atoms with Gasteiger partial charge in [-0.25, -0.2) is 9.37 Å². The average Bonchev–Trinajstić information content (AvgIpc) is 2.55. The first-order chi connectivity index (χ1) is 11.2. The van der Waals surface area contributed by atoms with E-state index in [0.29, 0.717) is 35.9 Å². The number of aromatic nitrogens is 1. The molecule has 1 aliphatic heterocycles. The van der Waals surface area contributed by atoms with Crippen LogP contribution < -0.4 is 14.8 Å². The Morgan fingerprint density at radius 1 is 1.43 bits per heavy atom. The van der Waals surface area contributed by atoms with Crippen molar-refractivity contribution >= 4 is 5.91 Å². The average molecular weight is 316 g/mol. The molecule has 1 aromatic heterocycles. The standard InChI is InChI=1S/C17H17FN2O3/c1-22-17-4-2-3-12(19-17)10-16(21)20-14-7-8-23-15-6-5-11(18)9-13(14)15/h2-6,9,14H,7-8,10H2,1H3,(H,20,21)/t14-/m0/s1. The van der Waals surface area contributed by atoms with Crippen molar-refractivity contribution in [3.8, 4) is 11.6 Å². The van der Waals surface area contributed by atoms with Crippen LogP contribution in [-0.4, -0.2) is 24.6 Å². The smallest absolute Gasteiger partial charge is 0.226 e. The quantitative estimate of drug-likeness (QED) is 0.941. The molecule has 1 atom stereocenters. The molecule has 1 N–H and O–H groups in total.